The molecule has 0 saturated heterocycles. The number of hydrogen-bond donors (Lipinski definition) is 1. The summed E-state index contributed by atoms with van der Waals surface area (Å²) in [6.45, 7) is 2.83. The molecule has 0 radical (unpaired) electrons. The summed E-state index contributed by atoms with van der Waals surface area (Å²) in [5, 5.41) is 5.82. The van der Waals surface area contributed by atoms with Gasteiger partial charge in [0.15, 0.2) is 5.13 Å². The quantitative estimate of drug-likeness (QED) is 0.596. The van der Waals surface area contributed by atoms with Crippen LogP contribution in [0.25, 0.3) is 11.3 Å². The summed E-state index contributed by atoms with van der Waals surface area (Å²) >= 11 is 1.51. The molecule has 0 aliphatic heterocycles. The topological polar surface area (TPSA) is 51.2 Å². The Morgan fingerprint density at radius 1 is 1.14 bits per heavy atom. The normalized spacial score (nSPS) is 29.8. The molecule has 4 bridgehead atoms. The van der Waals surface area contributed by atoms with Crippen LogP contribution in [-0.2, 0) is 4.79 Å². The molecule has 5 heteroatoms. The molecular formula is C24H30N2O2S. The first-order valence-corrected chi connectivity index (χ1v) is 12.0. The minimum absolute atomic E-state index is 0.149. The minimum Gasteiger partial charge on any atom is -0.494 e. The second-order valence-corrected chi connectivity index (χ2v) is 10.4. The van der Waals surface area contributed by atoms with Gasteiger partial charge in [-0.05, 0) is 92.4 Å². The molecule has 0 spiro atoms. The summed E-state index contributed by atoms with van der Waals surface area (Å²) in [7, 11) is 0. The van der Waals surface area contributed by atoms with Gasteiger partial charge in [0.1, 0.15) is 5.75 Å². The Bertz CT molecular complexity index is 838. The third-order valence-electron chi connectivity index (χ3n) is 7.07. The van der Waals surface area contributed by atoms with Crippen molar-refractivity contribution in [2.45, 2.75) is 58.3 Å². The molecule has 4 aliphatic carbocycles. The molecule has 2 aromatic rings. The summed E-state index contributed by atoms with van der Waals surface area (Å²) in [5.74, 6) is 3.67. The summed E-state index contributed by atoms with van der Waals surface area (Å²) < 4.78 is 5.64. The largest absolute Gasteiger partial charge is 0.494 e. The van der Waals surface area contributed by atoms with Gasteiger partial charge < -0.3 is 10.1 Å². The number of amides is 1. The van der Waals surface area contributed by atoms with Crippen LogP contribution in [0.5, 0.6) is 5.75 Å². The van der Waals surface area contributed by atoms with E-state index in [2.05, 4.69) is 17.2 Å². The van der Waals surface area contributed by atoms with Crippen molar-refractivity contribution >= 4 is 22.4 Å². The van der Waals surface area contributed by atoms with E-state index >= 15 is 0 Å². The SMILES string of the molecule is CCCOc1ccc(-c2csc(NC(=O)CC34CC5CC(CC(C5)C3)C4)n2)cc1. The molecule has 1 heterocycles. The van der Waals surface area contributed by atoms with Crippen molar-refractivity contribution in [3.05, 3.63) is 29.6 Å². The maximum Gasteiger partial charge on any atom is 0.226 e. The van der Waals surface area contributed by atoms with Crippen LogP contribution in [0, 0.1) is 23.2 Å². The molecule has 4 fully saturated rings. The van der Waals surface area contributed by atoms with E-state index in [9.17, 15) is 4.79 Å². The highest BCUT2D eigenvalue weighted by Crippen LogP contribution is 2.61. The number of carbonyl (C=O) groups excluding carboxylic acids is 1. The molecule has 4 saturated carbocycles. The predicted octanol–water partition coefficient (Wildman–Crippen LogP) is 6.14. The molecule has 1 aromatic carbocycles. The van der Waals surface area contributed by atoms with Crippen molar-refractivity contribution in [2.24, 2.45) is 23.2 Å². The number of nitrogens with one attached hydrogen (secondary N) is 1. The summed E-state index contributed by atoms with van der Waals surface area (Å²) in [5.41, 5.74) is 2.22. The number of ether oxygens (including phenoxy) is 1. The van der Waals surface area contributed by atoms with Gasteiger partial charge in [-0.25, -0.2) is 4.98 Å². The molecule has 29 heavy (non-hydrogen) atoms. The molecular weight excluding hydrogens is 380 g/mol. The van der Waals surface area contributed by atoms with Crippen molar-refractivity contribution in [3.63, 3.8) is 0 Å². The van der Waals surface area contributed by atoms with Crippen LogP contribution in [0.2, 0.25) is 0 Å². The molecule has 154 valence electrons. The number of hydrogen-bond acceptors (Lipinski definition) is 4. The van der Waals surface area contributed by atoms with Crippen LogP contribution in [-0.4, -0.2) is 17.5 Å². The van der Waals surface area contributed by atoms with Crippen LogP contribution in [0.1, 0.15) is 58.3 Å². The van der Waals surface area contributed by atoms with Crippen molar-refractivity contribution in [3.8, 4) is 17.0 Å². The Kier molecular flexibility index (Phi) is 5.10. The smallest absolute Gasteiger partial charge is 0.226 e. The van der Waals surface area contributed by atoms with E-state index in [0.717, 1.165) is 47.8 Å². The summed E-state index contributed by atoms with van der Waals surface area (Å²) in [6.07, 6.45) is 9.72. The zero-order chi connectivity index (χ0) is 19.8. The Morgan fingerprint density at radius 2 is 1.79 bits per heavy atom. The molecule has 1 N–H and O–H groups in total. The summed E-state index contributed by atoms with van der Waals surface area (Å²) in [4.78, 5) is 17.5. The van der Waals surface area contributed by atoms with E-state index < -0.39 is 0 Å². The van der Waals surface area contributed by atoms with Gasteiger partial charge in [0.2, 0.25) is 5.91 Å². The lowest BCUT2D eigenvalue weighted by Crippen LogP contribution is -2.47. The lowest BCUT2D eigenvalue weighted by Gasteiger charge is -2.56. The molecule has 0 atom stereocenters. The highest BCUT2D eigenvalue weighted by atomic mass is 32.1. The Hall–Kier alpha value is -1.88. The highest BCUT2D eigenvalue weighted by molar-refractivity contribution is 7.14. The lowest BCUT2D eigenvalue weighted by molar-refractivity contribution is -0.124. The van der Waals surface area contributed by atoms with Crippen molar-refractivity contribution in [1.29, 1.82) is 0 Å². The second-order valence-electron chi connectivity index (χ2n) is 9.55. The van der Waals surface area contributed by atoms with E-state index in [1.807, 2.05) is 29.6 Å². The van der Waals surface area contributed by atoms with Crippen molar-refractivity contribution in [1.82, 2.24) is 4.98 Å². The van der Waals surface area contributed by atoms with Gasteiger partial charge in [0.05, 0.1) is 12.3 Å². The Labute approximate surface area is 177 Å². The third-order valence-corrected chi connectivity index (χ3v) is 7.83. The van der Waals surface area contributed by atoms with Gasteiger partial charge in [0.25, 0.3) is 0 Å². The average molecular weight is 411 g/mol. The van der Waals surface area contributed by atoms with Crippen LogP contribution in [0.15, 0.2) is 29.6 Å². The number of nitrogens with zero attached hydrogens (tertiary/aromatic N) is 1. The monoisotopic (exact) mass is 410 g/mol. The highest BCUT2D eigenvalue weighted by Gasteiger charge is 2.51. The lowest BCUT2D eigenvalue weighted by atomic mass is 9.49. The van der Waals surface area contributed by atoms with Crippen LogP contribution in [0.4, 0.5) is 5.13 Å². The van der Waals surface area contributed by atoms with Crippen molar-refractivity contribution in [2.75, 3.05) is 11.9 Å². The van der Waals surface area contributed by atoms with E-state index in [1.165, 1.54) is 49.9 Å². The third kappa shape index (κ3) is 4.07. The van der Waals surface area contributed by atoms with Gasteiger partial charge in [-0.3, -0.25) is 4.79 Å². The maximum atomic E-state index is 12.8. The van der Waals surface area contributed by atoms with Crippen LogP contribution < -0.4 is 10.1 Å². The number of benzene rings is 1. The standard InChI is InChI=1S/C24H30N2O2S/c1-2-7-28-20-5-3-19(4-6-20)21-15-29-23(25-21)26-22(27)14-24-11-16-8-17(12-24)10-18(9-16)13-24/h3-6,15-18H,2,7-14H2,1H3,(H,25,26,27). The maximum absolute atomic E-state index is 12.8. The fourth-order valence-electron chi connectivity index (χ4n) is 6.42. The molecule has 1 amide bonds. The number of aromatic nitrogens is 1. The molecule has 4 aliphatic rings. The zero-order valence-corrected chi connectivity index (χ0v) is 18.0. The van der Waals surface area contributed by atoms with Crippen molar-refractivity contribution < 1.29 is 9.53 Å². The number of rotatable bonds is 7. The first-order chi connectivity index (χ1) is 14.1. The van der Waals surface area contributed by atoms with Crippen LogP contribution in [0.3, 0.4) is 0 Å². The van der Waals surface area contributed by atoms with Gasteiger partial charge in [0, 0.05) is 17.4 Å². The second kappa shape index (κ2) is 7.75. The van der Waals surface area contributed by atoms with E-state index in [1.54, 1.807) is 0 Å². The first kappa shape index (κ1) is 19.1. The fraction of sp³-hybridized carbons (Fsp3) is 0.583. The van der Waals surface area contributed by atoms with Gasteiger partial charge in [-0.1, -0.05) is 6.92 Å². The fourth-order valence-corrected chi connectivity index (χ4v) is 7.15. The number of carbonyl (C=O) groups is 1. The predicted molar refractivity (Wildman–Crippen MR) is 117 cm³/mol. The van der Waals surface area contributed by atoms with Gasteiger partial charge in [-0.2, -0.15) is 0 Å². The van der Waals surface area contributed by atoms with Crippen LogP contribution >= 0.6 is 11.3 Å². The molecule has 4 nitrogen and oxygen atoms in total. The van der Waals surface area contributed by atoms with Gasteiger partial charge >= 0.3 is 0 Å². The number of thiazole rings is 1. The Morgan fingerprint density at radius 3 is 2.41 bits per heavy atom. The summed E-state index contributed by atoms with van der Waals surface area (Å²) in [6, 6.07) is 8.02. The minimum atomic E-state index is 0.149. The first-order valence-electron chi connectivity index (χ1n) is 11.1. The van der Waals surface area contributed by atoms with E-state index in [4.69, 9.17) is 4.74 Å². The molecule has 6 rings (SSSR count). The average Bonchev–Trinajstić information content (AvgIpc) is 3.13. The van der Waals surface area contributed by atoms with E-state index in [-0.39, 0.29) is 11.3 Å². The molecule has 1 aromatic heterocycles. The number of anilines is 1. The zero-order valence-electron chi connectivity index (χ0n) is 17.2. The van der Waals surface area contributed by atoms with Gasteiger partial charge in [-0.15, -0.1) is 11.3 Å². The Balaban J connectivity index is 1.21. The molecule has 0 unspecified atom stereocenters. The van der Waals surface area contributed by atoms with E-state index in [0.29, 0.717) is 11.6 Å².